The van der Waals surface area contributed by atoms with Gasteiger partial charge in [-0.3, -0.25) is 19.4 Å². The van der Waals surface area contributed by atoms with Crippen LogP contribution in [0.3, 0.4) is 0 Å². The summed E-state index contributed by atoms with van der Waals surface area (Å²) in [5, 5.41) is 17.0. The van der Waals surface area contributed by atoms with Gasteiger partial charge in [0, 0.05) is 25.0 Å². The number of nitrogens with zero attached hydrogens (tertiary/aromatic N) is 5. The monoisotopic (exact) mass is 504 g/mol. The Morgan fingerprint density at radius 3 is 2.56 bits per heavy atom. The first-order valence-electron chi connectivity index (χ1n) is 11.7. The first-order valence-corrected chi connectivity index (χ1v) is 11.7. The normalized spacial score (nSPS) is 16.5. The van der Waals surface area contributed by atoms with E-state index in [2.05, 4.69) is 59.4 Å². The molecule has 1 aliphatic carbocycles. The number of nitrogens with one attached hydrogen (secondary N) is 1. The van der Waals surface area contributed by atoms with Crippen molar-refractivity contribution in [1.82, 2.24) is 24.7 Å². The number of pyridine rings is 1. The molecule has 0 amide bonds. The number of aliphatic carboxylic acids is 1. The Balaban J connectivity index is 0.00000304. The highest BCUT2D eigenvalue weighted by molar-refractivity contribution is 5.85. The Morgan fingerprint density at radius 2 is 1.92 bits per heavy atom. The second-order valence-electron chi connectivity index (χ2n) is 9.43. The van der Waals surface area contributed by atoms with Gasteiger partial charge in [-0.2, -0.15) is 5.10 Å². The van der Waals surface area contributed by atoms with E-state index < -0.39 is 5.97 Å². The van der Waals surface area contributed by atoms with E-state index in [0.717, 1.165) is 51.4 Å². The lowest BCUT2D eigenvalue weighted by Gasteiger charge is -2.12. The maximum absolute atomic E-state index is 11.2. The summed E-state index contributed by atoms with van der Waals surface area (Å²) in [6.07, 6.45) is 7.86. The minimum Gasteiger partial charge on any atom is -0.481 e. The fourth-order valence-corrected chi connectivity index (χ4v) is 4.40. The zero-order valence-electron chi connectivity index (χ0n) is 20.6. The maximum atomic E-state index is 11.2. The summed E-state index contributed by atoms with van der Waals surface area (Å²) >= 11 is 0. The van der Waals surface area contributed by atoms with Gasteiger partial charge < -0.3 is 10.4 Å². The number of hydrogen-bond donors (Lipinski definition) is 2. The van der Waals surface area contributed by atoms with Crippen molar-refractivity contribution in [2.45, 2.75) is 39.0 Å². The molecule has 4 aromatic rings. The third kappa shape index (κ3) is 4.95. The van der Waals surface area contributed by atoms with Crippen LogP contribution in [0, 0.1) is 12.8 Å². The molecule has 1 aromatic carbocycles. The summed E-state index contributed by atoms with van der Waals surface area (Å²) in [5.41, 5.74) is 6.90. The van der Waals surface area contributed by atoms with Crippen LogP contribution in [-0.4, -0.2) is 35.8 Å². The van der Waals surface area contributed by atoms with Crippen molar-refractivity contribution in [1.29, 1.82) is 0 Å². The van der Waals surface area contributed by atoms with Gasteiger partial charge in [0.05, 0.1) is 35.3 Å². The smallest absolute Gasteiger partial charge is 0.307 e. The van der Waals surface area contributed by atoms with E-state index in [1.807, 2.05) is 25.4 Å². The van der Waals surface area contributed by atoms with Crippen molar-refractivity contribution in [3.63, 3.8) is 0 Å². The van der Waals surface area contributed by atoms with Crippen molar-refractivity contribution in [2.24, 2.45) is 13.0 Å². The molecular weight excluding hydrogens is 476 g/mol. The summed E-state index contributed by atoms with van der Waals surface area (Å²) in [6, 6.07) is 10.3. The maximum Gasteiger partial charge on any atom is 0.307 e. The number of carbonyl (C=O) groups is 1. The predicted molar refractivity (Wildman–Crippen MR) is 142 cm³/mol. The lowest BCUT2D eigenvalue weighted by Crippen LogP contribution is -2.04. The molecule has 5 rings (SSSR count). The highest BCUT2D eigenvalue weighted by Gasteiger charge is 2.44. The Hall–Kier alpha value is -3.78. The molecule has 2 atom stereocenters. The van der Waals surface area contributed by atoms with Crippen molar-refractivity contribution < 1.29 is 9.90 Å². The van der Waals surface area contributed by atoms with Crippen LogP contribution in [0.15, 0.2) is 55.1 Å². The number of hydrogen-bond acceptors (Lipinski definition) is 6. The minimum atomic E-state index is -0.708. The molecule has 0 radical (unpaired) electrons. The zero-order valence-corrected chi connectivity index (χ0v) is 21.5. The SMILES string of the molecule is Cc1cc(C2CC2C(=O)O)ccc1-c1ccc(-c2cnn(C)c2Nc2cncc(C(C)C)n2)nc1.Cl. The van der Waals surface area contributed by atoms with Crippen LogP contribution >= 0.6 is 12.4 Å². The van der Waals surface area contributed by atoms with Crippen LogP contribution in [0.25, 0.3) is 22.4 Å². The zero-order chi connectivity index (χ0) is 24.7. The standard InChI is InChI=1S/C27H28N6O2.ClH/c1-15(2)24-13-28-14-25(31-24)32-26-22(12-30-33(26)4)23-8-6-18(11-29-23)19-7-5-17(9-16(19)3)20-10-21(20)27(34)35;/h5-9,11-15,20-21H,10H2,1-4H3,(H,31,32)(H,34,35);1H. The Labute approximate surface area is 216 Å². The molecule has 2 N–H and O–H groups in total. The first-order chi connectivity index (χ1) is 16.8. The summed E-state index contributed by atoms with van der Waals surface area (Å²) in [7, 11) is 1.87. The van der Waals surface area contributed by atoms with E-state index in [1.54, 1.807) is 23.3 Å². The Bertz CT molecular complexity index is 1400. The number of carboxylic acid groups (broad SMARTS) is 1. The Kier molecular flexibility index (Phi) is 7.08. The van der Waals surface area contributed by atoms with Crippen molar-refractivity contribution in [3.8, 4) is 22.4 Å². The van der Waals surface area contributed by atoms with E-state index in [9.17, 15) is 9.90 Å². The molecule has 3 heterocycles. The van der Waals surface area contributed by atoms with Gasteiger partial charge in [-0.05, 0) is 47.9 Å². The molecular formula is C27H29ClN6O2. The fourth-order valence-electron chi connectivity index (χ4n) is 4.40. The molecule has 1 aliphatic rings. The molecule has 0 spiro atoms. The molecule has 1 saturated carbocycles. The van der Waals surface area contributed by atoms with Gasteiger partial charge in [-0.1, -0.05) is 38.1 Å². The summed E-state index contributed by atoms with van der Waals surface area (Å²) in [6.45, 7) is 6.23. The predicted octanol–water partition coefficient (Wildman–Crippen LogP) is 5.72. The van der Waals surface area contributed by atoms with E-state index in [4.69, 9.17) is 4.98 Å². The summed E-state index contributed by atoms with van der Waals surface area (Å²) < 4.78 is 1.76. The topological polar surface area (TPSA) is 106 Å². The molecule has 36 heavy (non-hydrogen) atoms. The van der Waals surface area contributed by atoms with Gasteiger partial charge in [0.25, 0.3) is 0 Å². The fraction of sp³-hybridized carbons (Fsp3) is 0.296. The van der Waals surface area contributed by atoms with E-state index in [-0.39, 0.29) is 30.2 Å². The van der Waals surface area contributed by atoms with Crippen LogP contribution in [0.5, 0.6) is 0 Å². The molecule has 9 heteroatoms. The lowest BCUT2D eigenvalue weighted by atomic mass is 9.97. The molecule has 186 valence electrons. The Morgan fingerprint density at radius 1 is 1.11 bits per heavy atom. The highest BCUT2D eigenvalue weighted by atomic mass is 35.5. The number of benzene rings is 1. The number of anilines is 2. The summed E-state index contributed by atoms with van der Waals surface area (Å²) in [4.78, 5) is 24.9. The van der Waals surface area contributed by atoms with Gasteiger partial charge in [-0.15, -0.1) is 12.4 Å². The molecule has 0 aliphatic heterocycles. The number of aromatic nitrogens is 5. The van der Waals surface area contributed by atoms with Crippen molar-refractivity contribution >= 4 is 30.0 Å². The van der Waals surface area contributed by atoms with Crippen molar-refractivity contribution in [3.05, 3.63) is 71.9 Å². The van der Waals surface area contributed by atoms with Gasteiger partial charge in [0.15, 0.2) is 0 Å². The van der Waals surface area contributed by atoms with E-state index in [0.29, 0.717) is 5.82 Å². The second-order valence-corrected chi connectivity index (χ2v) is 9.43. The molecule has 0 bridgehead atoms. The average molecular weight is 505 g/mol. The number of rotatable bonds is 7. The lowest BCUT2D eigenvalue weighted by molar-refractivity contribution is -0.138. The van der Waals surface area contributed by atoms with Crippen molar-refractivity contribution in [2.75, 3.05) is 5.32 Å². The van der Waals surface area contributed by atoms with Crippen LogP contribution in [0.2, 0.25) is 0 Å². The van der Waals surface area contributed by atoms with Crippen LogP contribution in [0.1, 0.15) is 48.9 Å². The number of halogens is 1. The van der Waals surface area contributed by atoms with Crippen LogP contribution < -0.4 is 5.32 Å². The third-order valence-electron chi connectivity index (χ3n) is 6.57. The largest absolute Gasteiger partial charge is 0.481 e. The van der Waals surface area contributed by atoms with Crippen LogP contribution in [-0.2, 0) is 11.8 Å². The van der Waals surface area contributed by atoms with E-state index in [1.165, 1.54) is 0 Å². The van der Waals surface area contributed by atoms with Gasteiger partial charge in [0.1, 0.15) is 11.6 Å². The second kappa shape index (κ2) is 10.1. The first kappa shape index (κ1) is 25.3. The minimum absolute atomic E-state index is 0. The highest BCUT2D eigenvalue weighted by Crippen LogP contribution is 2.48. The molecule has 3 aromatic heterocycles. The molecule has 2 unspecified atom stereocenters. The molecule has 1 fully saturated rings. The average Bonchev–Trinajstić information content (AvgIpc) is 3.58. The number of aryl methyl sites for hydroxylation is 2. The van der Waals surface area contributed by atoms with Gasteiger partial charge in [-0.25, -0.2) is 4.98 Å². The van der Waals surface area contributed by atoms with Gasteiger partial charge in [0.2, 0.25) is 0 Å². The third-order valence-corrected chi connectivity index (χ3v) is 6.57. The van der Waals surface area contributed by atoms with E-state index >= 15 is 0 Å². The van der Waals surface area contributed by atoms with Crippen LogP contribution in [0.4, 0.5) is 11.6 Å². The summed E-state index contributed by atoms with van der Waals surface area (Å²) in [5.74, 6) is 0.906. The number of carboxylic acids is 1. The molecule has 8 nitrogen and oxygen atoms in total. The quantitative estimate of drug-likeness (QED) is 0.331. The molecule has 0 saturated heterocycles. The van der Waals surface area contributed by atoms with Gasteiger partial charge >= 0.3 is 5.97 Å².